The van der Waals surface area contributed by atoms with Gasteiger partial charge in [0.1, 0.15) is 11.8 Å². The molecule has 1 aliphatic rings. The van der Waals surface area contributed by atoms with Crippen molar-refractivity contribution in [2.75, 3.05) is 19.0 Å². The first-order valence-electron chi connectivity index (χ1n) is 8.14. The van der Waals surface area contributed by atoms with E-state index in [-0.39, 0.29) is 10.8 Å². The van der Waals surface area contributed by atoms with E-state index in [2.05, 4.69) is 5.32 Å². The minimum atomic E-state index is -3.76. The molecule has 1 fully saturated rings. The van der Waals surface area contributed by atoms with Crippen molar-refractivity contribution >= 4 is 33.2 Å². The molecule has 0 aliphatic carbocycles. The van der Waals surface area contributed by atoms with Crippen LogP contribution in [0.15, 0.2) is 53.4 Å². The third-order valence-electron chi connectivity index (χ3n) is 4.28. The number of amides is 1. The Labute approximate surface area is 157 Å². The SMILES string of the molecule is COc1ccc(S(=O)(=O)N2CCCC2C(=O)Nc2ccc(Cl)cc2)cc1. The molecule has 0 radical (unpaired) electrons. The summed E-state index contributed by atoms with van der Waals surface area (Å²) in [6, 6.07) is 12.1. The minimum absolute atomic E-state index is 0.143. The number of halogens is 1. The van der Waals surface area contributed by atoms with E-state index in [1.54, 1.807) is 36.4 Å². The first-order chi connectivity index (χ1) is 12.4. The monoisotopic (exact) mass is 394 g/mol. The summed E-state index contributed by atoms with van der Waals surface area (Å²) in [4.78, 5) is 12.8. The van der Waals surface area contributed by atoms with Crippen molar-refractivity contribution in [1.29, 1.82) is 0 Å². The van der Waals surface area contributed by atoms with Crippen molar-refractivity contribution in [2.24, 2.45) is 0 Å². The van der Waals surface area contributed by atoms with Crippen LogP contribution >= 0.6 is 11.6 Å². The lowest BCUT2D eigenvalue weighted by Gasteiger charge is -2.23. The Morgan fingerprint density at radius 1 is 1.15 bits per heavy atom. The van der Waals surface area contributed by atoms with Crippen LogP contribution in [-0.2, 0) is 14.8 Å². The zero-order chi connectivity index (χ0) is 18.7. The lowest BCUT2D eigenvalue weighted by atomic mass is 10.2. The molecule has 0 aromatic heterocycles. The van der Waals surface area contributed by atoms with Crippen molar-refractivity contribution in [3.8, 4) is 5.75 Å². The number of hydrogen-bond acceptors (Lipinski definition) is 4. The lowest BCUT2D eigenvalue weighted by molar-refractivity contribution is -0.119. The summed E-state index contributed by atoms with van der Waals surface area (Å²) >= 11 is 5.84. The first kappa shape index (κ1) is 18.7. The number of sulfonamides is 1. The standard InChI is InChI=1S/C18H19ClN2O4S/c1-25-15-8-10-16(11-9-15)26(23,24)21-12-2-3-17(21)18(22)20-14-6-4-13(19)5-7-14/h4-11,17H,2-3,12H2,1H3,(H,20,22). The number of methoxy groups -OCH3 is 1. The van der Waals surface area contributed by atoms with Crippen LogP contribution in [0.25, 0.3) is 0 Å². The molecule has 1 heterocycles. The van der Waals surface area contributed by atoms with E-state index in [1.807, 2.05) is 0 Å². The smallest absolute Gasteiger partial charge is 0.243 e. The second kappa shape index (κ2) is 7.65. The lowest BCUT2D eigenvalue weighted by Crippen LogP contribution is -2.43. The van der Waals surface area contributed by atoms with Crippen molar-refractivity contribution in [3.63, 3.8) is 0 Å². The minimum Gasteiger partial charge on any atom is -0.497 e. The largest absolute Gasteiger partial charge is 0.497 e. The van der Waals surface area contributed by atoms with Gasteiger partial charge in [-0.1, -0.05) is 11.6 Å². The summed E-state index contributed by atoms with van der Waals surface area (Å²) in [5.41, 5.74) is 0.577. The van der Waals surface area contributed by atoms with Crippen LogP contribution in [0.4, 0.5) is 5.69 Å². The van der Waals surface area contributed by atoms with E-state index in [9.17, 15) is 13.2 Å². The summed E-state index contributed by atoms with van der Waals surface area (Å²) in [6.07, 6.45) is 1.11. The van der Waals surface area contributed by atoms with Crippen LogP contribution in [0.1, 0.15) is 12.8 Å². The Bertz CT molecular complexity index is 882. The predicted octanol–water partition coefficient (Wildman–Crippen LogP) is 3.14. The third-order valence-corrected chi connectivity index (χ3v) is 6.46. The average Bonchev–Trinajstić information content (AvgIpc) is 3.14. The maximum Gasteiger partial charge on any atom is 0.243 e. The molecule has 0 saturated carbocycles. The van der Waals surface area contributed by atoms with Crippen molar-refractivity contribution in [2.45, 2.75) is 23.8 Å². The number of hydrogen-bond donors (Lipinski definition) is 1. The maximum absolute atomic E-state index is 12.9. The van der Waals surface area contributed by atoms with Gasteiger partial charge in [0.25, 0.3) is 0 Å². The zero-order valence-electron chi connectivity index (χ0n) is 14.2. The predicted molar refractivity (Wildman–Crippen MR) is 100.0 cm³/mol. The van der Waals surface area contributed by atoms with Crippen LogP contribution < -0.4 is 10.1 Å². The molecule has 1 N–H and O–H groups in total. The molecule has 1 amide bonds. The van der Waals surface area contributed by atoms with Gasteiger partial charge in [0.2, 0.25) is 15.9 Å². The van der Waals surface area contributed by atoms with E-state index >= 15 is 0 Å². The fourth-order valence-corrected chi connectivity index (χ4v) is 4.71. The molecule has 6 nitrogen and oxygen atoms in total. The summed E-state index contributed by atoms with van der Waals surface area (Å²) in [6.45, 7) is 0.313. The van der Waals surface area contributed by atoms with Crippen molar-refractivity contribution in [1.82, 2.24) is 4.31 Å². The van der Waals surface area contributed by atoms with Gasteiger partial charge in [-0.3, -0.25) is 4.79 Å². The molecule has 138 valence electrons. The Kier molecular flexibility index (Phi) is 5.50. The summed E-state index contributed by atoms with van der Waals surface area (Å²) < 4.78 is 32.2. The number of benzene rings is 2. The van der Waals surface area contributed by atoms with Gasteiger partial charge in [0.15, 0.2) is 0 Å². The zero-order valence-corrected chi connectivity index (χ0v) is 15.8. The van der Waals surface area contributed by atoms with Gasteiger partial charge >= 0.3 is 0 Å². The Hall–Kier alpha value is -2.09. The van der Waals surface area contributed by atoms with Crippen LogP contribution in [0.5, 0.6) is 5.75 Å². The fourth-order valence-electron chi connectivity index (χ4n) is 2.93. The second-order valence-corrected chi connectivity index (χ2v) is 8.27. The maximum atomic E-state index is 12.9. The van der Waals surface area contributed by atoms with Gasteiger partial charge in [0, 0.05) is 17.3 Å². The van der Waals surface area contributed by atoms with Crippen molar-refractivity contribution < 1.29 is 17.9 Å². The van der Waals surface area contributed by atoms with E-state index in [1.165, 1.54) is 23.5 Å². The molecule has 0 bridgehead atoms. The fraction of sp³-hybridized carbons (Fsp3) is 0.278. The van der Waals surface area contributed by atoms with E-state index in [4.69, 9.17) is 16.3 Å². The Morgan fingerprint density at radius 2 is 1.81 bits per heavy atom. The van der Waals surface area contributed by atoms with Crippen molar-refractivity contribution in [3.05, 3.63) is 53.6 Å². The number of carbonyl (C=O) groups is 1. The second-order valence-electron chi connectivity index (χ2n) is 5.95. The van der Waals surface area contributed by atoms with Gasteiger partial charge in [-0.25, -0.2) is 8.42 Å². The molecular formula is C18H19ClN2O4S. The summed E-state index contributed by atoms with van der Waals surface area (Å²) in [7, 11) is -2.25. The number of ether oxygens (including phenoxy) is 1. The molecule has 2 aromatic rings. The highest BCUT2D eigenvalue weighted by Crippen LogP contribution is 2.28. The van der Waals surface area contributed by atoms with E-state index in [0.29, 0.717) is 35.8 Å². The molecule has 1 atom stereocenters. The Morgan fingerprint density at radius 3 is 2.42 bits per heavy atom. The molecule has 1 aliphatic heterocycles. The molecule has 1 unspecified atom stereocenters. The molecule has 2 aromatic carbocycles. The Balaban J connectivity index is 1.79. The van der Waals surface area contributed by atoms with Gasteiger partial charge in [-0.05, 0) is 61.4 Å². The van der Waals surface area contributed by atoms with Crippen LogP contribution in [0.2, 0.25) is 5.02 Å². The summed E-state index contributed by atoms with van der Waals surface area (Å²) in [5, 5.41) is 3.32. The topological polar surface area (TPSA) is 75.7 Å². The highest BCUT2D eigenvalue weighted by molar-refractivity contribution is 7.89. The average molecular weight is 395 g/mol. The highest BCUT2D eigenvalue weighted by Gasteiger charge is 2.39. The number of rotatable bonds is 5. The molecule has 1 saturated heterocycles. The molecular weight excluding hydrogens is 376 g/mol. The van der Waals surface area contributed by atoms with Crippen LogP contribution in [-0.4, -0.2) is 38.3 Å². The molecule has 0 spiro atoms. The molecule has 26 heavy (non-hydrogen) atoms. The summed E-state index contributed by atoms with van der Waals surface area (Å²) in [5.74, 6) is 0.226. The number of carbonyl (C=O) groups excluding carboxylic acids is 1. The normalized spacial score (nSPS) is 17.8. The third kappa shape index (κ3) is 3.85. The number of nitrogens with one attached hydrogen (secondary N) is 1. The number of anilines is 1. The van der Waals surface area contributed by atoms with Crippen LogP contribution in [0.3, 0.4) is 0 Å². The molecule has 3 rings (SSSR count). The van der Waals surface area contributed by atoms with Gasteiger partial charge < -0.3 is 10.1 Å². The van der Waals surface area contributed by atoms with Crippen LogP contribution in [0, 0.1) is 0 Å². The van der Waals surface area contributed by atoms with Gasteiger partial charge in [-0.15, -0.1) is 0 Å². The van der Waals surface area contributed by atoms with E-state index < -0.39 is 16.1 Å². The molecule has 8 heteroatoms. The number of nitrogens with zero attached hydrogens (tertiary/aromatic N) is 1. The quantitative estimate of drug-likeness (QED) is 0.845. The van der Waals surface area contributed by atoms with Gasteiger partial charge in [-0.2, -0.15) is 4.31 Å². The van der Waals surface area contributed by atoms with E-state index in [0.717, 1.165) is 0 Å². The highest BCUT2D eigenvalue weighted by atomic mass is 35.5. The first-order valence-corrected chi connectivity index (χ1v) is 9.96. The van der Waals surface area contributed by atoms with Gasteiger partial charge in [0.05, 0.1) is 12.0 Å².